The second-order valence-electron chi connectivity index (χ2n) is 7.07. The maximum atomic E-state index is 10.5. The van der Waals surface area contributed by atoms with E-state index in [1.165, 1.54) is 0 Å². The molecule has 7 heteroatoms. The zero-order valence-corrected chi connectivity index (χ0v) is 16.6. The minimum absolute atomic E-state index is 0.0409. The lowest BCUT2D eigenvalue weighted by atomic mass is 10.0. The highest BCUT2D eigenvalue weighted by Crippen LogP contribution is 2.34. The number of benzene rings is 3. The SMILES string of the molecule is Nc1nc(NC(CO)c2ccccc2)cc(-c2cc(-c3ccc(O)cc3)ccc2O)n1. The molecule has 4 aromatic rings. The van der Waals surface area contributed by atoms with Crippen molar-refractivity contribution in [2.45, 2.75) is 6.04 Å². The number of nitrogen functional groups attached to an aromatic ring is 1. The van der Waals surface area contributed by atoms with Crippen molar-refractivity contribution in [2.75, 3.05) is 17.7 Å². The van der Waals surface area contributed by atoms with E-state index in [1.54, 1.807) is 48.5 Å². The third kappa shape index (κ3) is 4.57. The molecular weight excluding hydrogens is 392 g/mol. The van der Waals surface area contributed by atoms with E-state index in [-0.39, 0.29) is 30.1 Å². The zero-order valence-electron chi connectivity index (χ0n) is 16.6. The van der Waals surface area contributed by atoms with Crippen molar-refractivity contribution in [1.29, 1.82) is 0 Å². The van der Waals surface area contributed by atoms with E-state index in [2.05, 4.69) is 15.3 Å². The van der Waals surface area contributed by atoms with E-state index in [9.17, 15) is 15.3 Å². The zero-order chi connectivity index (χ0) is 21.8. The fourth-order valence-corrected chi connectivity index (χ4v) is 3.35. The van der Waals surface area contributed by atoms with Gasteiger partial charge in [0.1, 0.15) is 17.3 Å². The quantitative estimate of drug-likeness (QED) is 0.323. The summed E-state index contributed by atoms with van der Waals surface area (Å²) in [5, 5.41) is 33.0. The van der Waals surface area contributed by atoms with E-state index < -0.39 is 0 Å². The minimum atomic E-state index is -0.375. The summed E-state index contributed by atoms with van der Waals surface area (Å²) in [5.41, 5.74) is 9.49. The summed E-state index contributed by atoms with van der Waals surface area (Å²) in [6.07, 6.45) is 0. The molecule has 0 aliphatic carbocycles. The average molecular weight is 414 g/mol. The first-order valence-corrected chi connectivity index (χ1v) is 9.73. The molecular formula is C24H22N4O3. The lowest BCUT2D eigenvalue weighted by molar-refractivity contribution is 0.276. The second kappa shape index (κ2) is 8.73. The Balaban J connectivity index is 1.69. The molecule has 6 N–H and O–H groups in total. The van der Waals surface area contributed by atoms with Crippen LogP contribution in [-0.2, 0) is 0 Å². The van der Waals surface area contributed by atoms with E-state index in [0.29, 0.717) is 17.1 Å². The van der Waals surface area contributed by atoms with E-state index in [1.807, 2.05) is 30.3 Å². The van der Waals surface area contributed by atoms with Gasteiger partial charge in [0.2, 0.25) is 5.95 Å². The normalized spacial score (nSPS) is 11.8. The number of phenols is 2. The number of aliphatic hydroxyl groups excluding tert-OH is 1. The molecule has 0 radical (unpaired) electrons. The molecule has 0 aliphatic heterocycles. The van der Waals surface area contributed by atoms with Crippen LogP contribution in [0.15, 0.2) is 78.9 Å². The Morgan fingerprint density at radius 3 is 2.26 bits per heavy atom. The Morgan fingerprint density at radius 1 is 0.839 bits per heavy atom. The van der Waals surface area contributed by atoms with Crippen LogP contribution in [0.4, 0.5) is 11.8 Å². The molecule has 0 fully saturated rings. The van der Waals surface area contributed by atoms with Crippen LogP contribution >= 0.6 is 0 Å². The fraction of sp³-hybridized carbons (Fsp3) is 0.0833. The molecule has 1 unspecified atom stereocenters. The first kappa shape index (κ1) is 20.2. The smallest absolute Gasteiger partial charge is 0.222 e. The van der Waals surface area contributed by atoms with Crippen molar-refractivity contribution in [1.82, 2.24) is 9.97 Å². The maximum absolute atomic E-state index is 10.5. The summed E-state index contributed by atoms with van der Waals surface area (Å²) in [6.45, 7) is -0.134. The third-order valence-electron chi connectivity index (χ3n) is 4.92. The molecule has 0 amide bonds. The molecule has 156 valence electrons. The highest BCUT2D eigenvalue weighted by molar-refractivity contribution is 5.77. The van der Waals surface area contributed by atoms with Crippen LogP contribution < -0.4 is 11.1 Å². The van der Waals surface area contributed by atoms with Crippen molar-refractivity contribution in [3.8, 4) is 33.9 Å². The van der Waals surface area contributed by atoms with Crippen LogP contribution in [0, 0.1) is 0 Å². The summed E-state index contributed by atoms with van der Waals surface area (Å²) in [4.78, 5) is 8.51. The number of hydrogen-bond donors (Lipinski definition) is 5. The molecule has 3 aromatic carbocycles. The Morgan fingerprint density at radius 2 is 1.55 bits per heavy atom. The lowest BCUT2D eigenvalue weighted by Crippen LogP contribution is -2.16. The van der Waals surface area contributed by atoms with Crippen molar-refractivity contribution >= 4 is 11.8 Å². The van der Waals surface area contributed by atoms with Crippen LogP contribution in [0.5, 0.6) is 11.5 Å². The first-order valence-electron chi connectivity index (χ1n) is 9.73. The minimum Gasteiger partial charge on any atom is -0.508 e. The second-order valence-corrected chi connectivity index (χ2v) is 7.07. The molecule has 1 aromatic heterocycles. The predicted octanol–water partition coefficient (Wildman–Crippen LogP) is 3.95. The van der Waals surface area contributed by atoms with E-state index in [0.717, 1.165) is 16.7 Å². The summed E-state index contributed by atoms with van der Waals surface area (Å²) < 4.78 is 0. The van der Waals surface area contributed by atoms with Gasteiger partial charge in [-0.3, -0.25) is 0 Å². The Hall–Kier alpha value is -4.10. The highest BCUT2D eigenvalue weighted by atomic mass is 16.3. The molecule has 1 heterocycles. The van der Waals surface area contributed by atoms with Crippen LogP contribution in [0.25, 0.3) is 22.4 Å². The Labute approximate surface area is 179 Å². The van der Waals surface area contributed by atoms with Crippen LogP contribution in [0.3, 0.4) is 0 Å². The van der Waals surface area contributed by atoms with Crippen LogP contribution in [0.2, 0.25) is 0 Å². The first-order chi connectivity index (χ1) is 15.0. The largest absolute Gasteiger partial charge is 0.508 e. The number of aromatic nitrogens is 2. The van der Waals surface area contributed by atoms with Gasteiger partial charge in [-0.1, -0.05) is 48.5 Å². The van der Waals surface area contributed by atoms with Crippen LogP contribution in [-0.4, -0.2) is 31.9 Å². The van der Waals surface area contributed by atoms with Crippen LogP contribution in [0.1, 0.15) is 11.6 Å². The number of anilines is 2. The molecule has 31 heavy (non-hydrogen) atoms. The van der Waals surface area contributed by atoms with Gasteiger partial charge in [-0.15, -0.1) is 0 Å². The summed E-state index contributed by atoms with van der Waals surface area (Å²) in [5.74, 6) is 0.700. The van der Waals surface area contributed by atoms with Gasteiger partial charge in [-0.25, -0.2) is 4.98 Å². The number of nitrogens with zero attached hydrogens (tertiary/aromatic N) is 2. The highest BCUT2D eigenvalue weighted by Gasteiger charge is 2.15. The lowest BCUT2D eigenvalue weighted by Gasteiger charge is -2.18. The number of rotatable bonds is 6. The monoisotopic (exact) mass is 414 g/mol. The van der Waals surface area contributed by atoms with E-state index >= 15 is 0 Å². The van der Waals surface area contributed by atoms with Crippen molar-refractivity contribution in [3.05, 3.63) is 84.4 Å². The fourth-order valence-electron chi connectivity index (χ4n) is 3.35. The molecule has 1 atom stereocenters. The predicted molar refractivity (Wildman–Crippen MR) is 121 cm³/mol. The number of nitrogens with one attached hydrogen (secondary N) is 1. The number of aliphatic hydroxyl groups is 1. The Bertz CT molecular complexity index is 1180. The molecule has 0 bridgehead atoms. The number of phenolic OH excluding ortho intramolecular Hbond substituents is 2. The summed E-state index contributed by atoms with van der Waals surface area (Å²) >= 11 is 0. The Kier molecular flexibility index (Phi) is 5.68. The van der Waals surface area contributed by atoms with E-state index in [4.69, 9.17) is 5.73 Å². The third-order valence-corrected chi connectivity index (χ3v) is 4.92. The molecule has 0 saturated carbocycles. The maximum Gasteiger partial charge on any atom is 0.222 e. The molecule has 0 aliphatic rings. The topological polar surface area (TPSA) is 125 Å². The van der Waals surface area contributed by atoms with Gasteiger partial charge in [0.25, 0.3) is 0 Å². The van der Waals surface area contributed by atoms with Gasteiger partial charge in [-0.2, -0.15) is 4.98 Å². The summed E-state index contributed by atoms with van der Waals surface area (Å²) in [7, 11) is 0. The molecule has 7 nitrogen and oxygen atoms in total. The molecule has 0 spiro atoms. The summed E-state index contributed by atoms with van der Waals surface area (Å²) in [6, 6.07) is 22.8. The van der Waals surface area contributed by atoms with Gasteiger partial charge in [0.15, 0.2) is 0 Å². The van der Waals surface area contributed by atoms with Gasteiger partial charge < -0.3 is 26.4 Å². The van der Waals surface area contributed by atoms with Gasteiger partial charge in [-0.05, 0) is 41.0 Å². The van der Waals surface area contributed by atoms with Gasteiger partial charge in [0.05, 0.1) is 18.3 Å². The van der Waals surface area contributed by atoms with Crippen molar-refractivity contribution in [3.63, 3.8) is 0 Å². The standard InChI is InChI=1S/C24H22N4O3/c25-24-27-20(13-23(28-24)26-21(14-29)16-4-2-1-3-5-16)19-12-17(8-11-22(19)31)15-6-9-18(30)10-7-15/h1-13,21,29-31H,14H2,(H3,25,26,27,28). The number of aromatic hydroxyl groups is 2. The number of nitrogens with two attached hydrogens (primary N) is 1. The molecule has 0 saturated heterocycles. The average Bonchev–Trinajstić information content (AvgIpc) is 2.78. The number of hydrogen-bond acceptors (Lipinski definition) is 7. The van der Waals surface area contributed by atoms with Gasteiger partial charge >= 0.3 is 0 Å². The van der Waals surface area contributed by atoms with Crippen molar-refractivity contribution in [2.24, 2.45) is 0 Å². The van der Waals surface area contributed by atoms with Gasteiger partial charge in [0, 0.05) is 11.6 Å². The van der Waals surface area contributed by atoms with Crippen molar-refractivity contribution < 1.29 is 15.3 Å². The molecule has 4 rings (SSSR count).